The Morgan fingerprint density at radius 3 is 2.67 bits per heavy atom. The summed E-state index contributed by atoms with van der Waals surface area (Å²) in [5, 5.41) is 6.86. The monoisotopic (exact) mass is 243 g/mol. The third kappa shape index (κ3) is 2.97. The van der Waals surface area contributed by atoms with E-state index in [9.17, 15) is 4.79 Å². The summed E-state index contributed by atoms with van der Waals surface area (Å²) in [6.07, 6.45) is 2.13. The molecule has 0 bridgehead atoms. The number of nitrogens with zero attached hydrogens (tertiary/aromatic N) is 2. The summed E-state index contributed by atoms with van der Waals surface area (Å²) in [5.41, 5.74) is 1.18. The zero-order valence-electron chi connectivity index (χ0n) is 10.6. The minimum absolute atomic E-state index is 0.00922. The van der Waals surface area contributed by atoms with E-state index in [0.717, 1.165) is 5.82 Å². The number of rotatable bonds is 4. The molecule has 0 radical (unpaired) electrons. The molecule has 0 spiro atoms. The third-order valence-corrected chi connectivity index (χ3v) is 2.95. The molecule has 1 aromatic heterocycles. The number of carbonyl (C=O) groups excluding carboxylic acids is 1. The molecule has 1 N–H and O–H groups in total. The molecule has 1 amide bonds. The number of nitrogens with one attached hydrogen (secondary N) is 1. The van der Waals surface area contributed by atoms with Crippen molar-refractivity contribution in [3.05, 3.63) is 48.2 Å². The first-order valence-corrected chi connectivity index (χ1v) is 5.99. The molecule has 1 atom stereocenters. The lowest BCUT2D eigenvalue weighted by molar-refractivity contribution is -0.116. The molecule has 0 aliphatic carbocycles. The Kier molecular flexibility index (Phi) is 3.77. The molecule has 94 valence electrons. The fourth-order valence-corrected chi connectivity index (χ4v) is 1.87. The second-order valence-corrected chi connectivity index (χ2v) is 4.40. The van der Waals surface area contributed by atoms with Crippen LogP contribution < -0.4 is 5.32 Å². The van der Waals surface area contributed by atoms with Gasteiger partial charge in [-0.15, -0.1) is 0 Å². The van der Waals surface area contributed by atoms with E-state index in [-0.39, 0.29) is 11.8 Å². The van der Waals surface area contributed by atoms with Crippen LogP contribution in [0.15, 0.2) is 42.6 Å². The van der Waals surface area contributed by atoms with Crippen LogP contribution in [0, 0.1) is 0 Å². The van der Waals surface area contributed by atoms with Crippen LogP contribution in [0.3, 0.4) is 0 Å². The van der Waals surface area contributed by atoms with Crippen molar-refractivity contribution in [1.82, 2.24) is 9.78 Å². The average Bonchev–Trinajstić information content (AvgIpc) is 2.76. The van der Waals surface area contributed by atoms with Gasteiger partial charge in [0.05, 0.1) is 6.20 Å². The normalized spacial score (nSPS) is 12.1. The molecule has 2 aromatic rings. The Balaban J connectivity index is 1.94. The lowest BCUT2D eigenvalue weighted by atomic mass is 9.98. The minimum atomic E-state index is 0.00922. The molecule has 0 aliphatic heterocycles. The third-order valence-electron chi connectivity index (χ3n) is 2.95. The van der Waals surface area contributed by atoms with Crippen LogP contribution in [0.1, 0.15) is 24.8 Å². The topological polar surface area (TPSA) is 46.9 Å². The molecule has 0 fully saturated rings. The number of aromatic nitrogens is 2. The quantitative estimate of drug-likeness (QED) is 0.897. The van der Waals surface area contributed by atoms with Gasteiger partial charge in [0.25, 0.3) is 0 Å². The van der Waals surface area contributed by atoms with E-state index in [0.29, 0.717) is 6.42 Å². The molecule has 1 aromatic carbocycles. The first-order valence-electron chi connectivity index (χ1n) is 5.99. The highest BCUT2D eigenvalue weighted by atomic mass is 16.1. The van der Waals surface area contributed by atoms with E-state index in [1.807, 2.05) is 30.3 Å². The smallest absolute Gasteiger partial charge is 0.226 e. The molecule has 2 rings (SSSR count). The van der Waals surface area contributed by atoms with Crippen LogP contribution in [0.2, 0.25) is 0 Å². The number of hydrogen-bond acceptors (Lipinski definition) is 2. The van der Waals surface area contributed by atoms with Crippen molar-refractivity contribution >= 4 is 11.7 Å². The maximum absolute atomic E-state index is 11.9. The fraction of sp³-hybridized carbons (Fsp3) is 0.286. The summed E-state index contributed by atoms with van der Waals surface area (Å²) < 4.78 is 1.64. The largest absolute Gasteiger partial charge is 0.311 e. The summed E-state index contributed by atoms with van der Waals surface area (Å²) in [7, 11) is 1.80. The van der Waals surface area contributed by atoms with Crippen molar-refractivity contribution < 1.29 is 4.79 Å². The van der Waals surface area contributed by atoms with Gasteiger partial charge in [-0.1, -0.05) is 37.3 Å². The van der Waals surface area contributed by atoms with Gasteiger partial charge in [0.1, 0.15) is 5.82 Å². The SMILES string of the molecule is CC(CC(=O)Nc1ccnn1C)c1ccccc1. The standard InChI is InChI=1S/C14H17N3O/c1-11(12-6-4-3-5-7-12)10-14(18)16-13-8-9-15-17(13)2/h3-9,11H,10H2,1-2H3,(H,16,18). The van der Waals surface area contributed by atoms with Crippen LogP contribution >= 0.6 is 0 Å². The summed E-state index contributed by atoms with van der Waals surface area (Å²) in [5.74, 6) is 0.939. The van der Waals surface area contributed by atoms with Crippen LogP contribution in [0.25, 0.3) is 0 Å². The molecule has 0 saturated carbocycles. The van der Waals surface area contributed by atoms with Crippen molar-refractivity contribution in [2.24, 2.45) is 7.05 Å². The summed E-state index contributed by atoms with van der Waals surface area (Å²) >= 11 is 0. The Hall–Kier alpha value is -2.10. The highest BCUT2D eigenvalue weighted by Gasteiger charge is 2.12. The van der Waals surface area contributed by atoms with Gasteiger partial charge < -0.3 is 5.32 Å². The van der Waals surface area contributed by atoms with Gasteiger partial charge >= 0.3 is 0 Å². The molecule has 1 heterocycles. The molecule has 1 unspecified atom stereocenters. The lowest BCUT2D eigenvalue weighted by Gasteiger charge is -2.11. The van der Waals surface area contributed by atoms with Crippen molar-refractivity contribution in [3.63, 3.8) is 0 Å². The van der Waals surface area contributed by atoms with Gasteiger partial charge in [-0.05, 0) is 11.5 Å². The highest BCUT2D eigenvalue weighted by Crippen LogP contribution is 2.19. The van der Waals surface area contributed by atoms with Crippen molar-refractivity contribution in [2.45, 2.75) is 19.3 Å². The van der Waals surface area contributed by atoms with Crippen molar-refractivity contribution in [3.8, 4) is 0 Å². The van der Waals surface area contributed by atoms with Crippen molar-refractivity contribution in [2.75, 3.05) is 5.32 Å². The highest BCUT2D eigenvalue weighted by molar-refractivity contribution is 5.90. The maximum Gasteiger partial charge on any atom is 0.226 e. The number of anilines is 1. The first-order chi connectivity index (χ1) is 8.66. The molecule has 4 heteroatoms. The van der Waals surface area contributed by atoms with E-state index in [2.05, 4.69) is 17.3 Å². The predicted molar refractivity (Wildman–Crippen MR) is 71.3 cm³/mol. The lowest BCUT2D eigenvalue weighted by Crippen LogP contribution is -2.16. The van der Waals surface area contributed by atoms with Crippen LogP contribution in [0.5, 0.6) is 0 Å². The van der Waals surface area contributed by atoms with Crippen molar-refractivity contribution in [1.29, 1.82) is 0 Å². The zero-order chi connectivity index (χ0) is 13.0. The molecular formula is C14H17N3O. The van der Waals surface area contributed by atoms with E-state index in [4.69, 9.17) is 0 Å². The van der Waals surface area contributed by atoms with Gasteiger partial charge in [0.2, 0.25) is 5.91 Å². The van der Waals surface area contributed by atoms with Gasteiger partial charge in [0.15, 0.2) is 0 Å². The zero-order valence-corrected chi connectivity index (χ0v) is 10.6. The van der Waals surface area contributed by atoms with Crippen LogP contribution in [-0.4, -0.2) is 15.7 Å². The molecule has 0 aliphatic rings. The predicted octanol–water partition coefficient (Wildman–Crippen LogP) is 2.55. The number of amides is 1. The fourth-order valence-electron chi connectivity index (χ4n) is 1.87. The van der Waals surface area contributed by atoms with Crippen LogP contribution in [0.4, 0.5) is 5.82 Å². The Labute approximate surface area is 107 Å². The number of aryl methyl sites for hydroxylation is 1. The number of benzene rings is 1. The Morgan fingerprint density at radius 1 is 1.33 bits per heavy atom. The summed E-state index contributed by atoms with van der Waals surface area (Å²) in [6, 6.07) is 11.8. The van der Waals surface area contributed by atoms with E-state index in [1.54, 1.807) is 24.0 Å². The molecular weight excluding hydrogens is 226 g/mol. The van der Waals surface area contributed by atoms with Gasteiger partial charge in [-0.3, -0.25) is 9.48 Å². The maximum atomic E-state index is 11.9. The van der Waals surface area contributed by atoms with E-state index < -0.39 is 0 Å². The second kappa shape index (κ2) is 5.49. The average molecular weight is 243 g/mol. The molecule has 4 nitrogen and oxygen atoms in total. The van der Waals surface area contributed by atoms with Gasteiger partial charge in [0, 0.05) is 19.5 Å². The minimum Gasteiger partial charge on any atom is -0.311 e. The first kappa shape index (κ1) is 12.4. The second-order valence-electron chi connectivity index (χ2n) is 4.40. The van der Waals surface area contributed by atoms with E-state index >= 15 is 0 Å². The summed E-state index contributed by atoms with van der Waals surface area (Å²) in [6.45, 7) is 2.05. The van der Waals surface area contributed by atoms with Crippen LogP contribution in [-0.2, 0) is 11.8 Å². The number of hydrogen-bond donors (Lipinski definition) is 1. The van der Waals surface area contributed by atoms with E-state index in [1.165, 1.54) is 5.56 Å². The molecule has 0 saturated heterocycles. The molecule has 18 heavy (non-hydrogen) atoms. The van der Waals surface area contributed by atoms with Gasteiger partial charge in [-0.25, -0.2) is 0 Å². The Bertz CT molecular complexity index is 519. The number of carbonyl (C=O) groups is 1. The summed E-state index contributed by atoms with van der Waals surface area (Å²) in [4.78, 5) is 11.9. The Morgan fingerprint density at radius 2 is 2.06 bits per heavy atom. The van der Waals surface area contributed by atoms with Gasteiger partial charge in [-0.2, -0.15) is 5.10 Å².